The molecule has 2 aliphatic rings. The van der Waals surface area contributed by atoms with Gasteiger partial charge < -0.3 is 24.4 Å². The third kappa shape index (κ3) is 3.66. The van der Waals surface area contributed by atoms with Crippen LogP contribution in [0.2, 0.25) is 0 Å². The summed E-state index contributed by atoms with van der Waals surface area (Å²) >= 11 is 0. The van der Waals surface area contributed by atoms with Gasteiger partial charge in [-0.3, -0.25) is 0 Å². The first-order chi connectivity index (χ1) is 13.6. The lowest BCUT2D eigenvalue weighted by Crippen LogP contribution is -2.49. The highest BCUT2D eigenvalue weighted by Gasteiger charge is 2.33. The number of hydrogen-bond donors (Lipinski definition) is 1. The van der Waals surface area contributed by atoms with Crippen molar-refractivity contribution in [3.8, 4) is 5.75 Å². The van der Waals surface area contributed by atoms with E-state index in [9.17, 15) is 14.7 Å². The molecule has 4 rings (SSSR count). The second-order valence-corrected chi connectivity index (χ2v) is 6.88. The third-order valence-electron chi connectivity index (χ3n) is 5.14. The van der Waals surface area contributed by atoms with E-state index in [0.29, 0.717) is 38.6 Å². The fourth-order valence-corrected chi connectivity index (χ4v) is 3.59. The highest BCUT2D eigenvalue weighted by atomic mass is 16.5. The van der Waals surface area contributed by atoms with Crippen LogP contribution in [0.5, 0.6) is 5.75 Å². The van der Waals surface area contributed by atoms with E-state index in [0.717, 1.165) is 11.1 Å². The second kappa shape index (κ2) is 7.90. The molecular weight excluding hydrogens is 360 g/mol. The molecule has 2 aromatic carbocycles. The van der Waals surface area contributed by atoms with Gasteiger partial charge in [-0.2, -0.15) is 0 Å². The van der Waals surface area contributed by atoms with Gasteiger partial charge in [0, 0.05) is 18.7 Å². The van der Waals surface area contributed by atoms with Crippen LogP contribution in [0, 0.1) is 0 Å². The van der Waals surface area contributed by atoms with Crippen LogP contribution in [-0.2, 0) is 11.3 Å². The molecule has 7 nitrogen and oxygen atoms in total. The van der Waals surface area contributed by atoms with E-state index in [1.165, 1.54) is 6.07 Å². The van der Waals surface area contributed by atoms with E-state index in [1.54, 1.807) is 17.0 Å². The predicted molar refractivity (Wildman–Crippen MR) is 101 cm³/mol. The van der Waals surface area contributed by atoms with Crippen LogP contribution in [-0.4, -0.2) is 59.8 Å². The van der Waals surface area contributed by atoms with Crippen LogP contribution < -0.4 is 4.74 Å². The molecule has 1 N–H and O–H groups in total. The van der Waals surface area contributed by atoms with E-state index in [1.807, 2.05) is 35.2 Å². The lowest BCUT2D eigenvalue weighted by molar-refractivity contribution is 0.0362. The van der Waals surface area contributed by atoms with Crippen LogP contribution >= 0.6 is 0 Å². The van der Waals surface area contributed by atoms with E-state index >= 15 is 0 Å². The first-order valence-electron chi connectivity index (χ1n) is 9.31. The van der Waals surface area contributed by atoms with Gasteiger partial charge in [-0.25, -0.2) is 9.59 Å². The minimum absolute atomic E-state index is 0.0593. The number of ether oxygens (including phenoxy) is 2. The zero-order chi connectivity index (χ0) is 19.5. The average Bonchev–Trinajstić information content (AvgIpc) is 2.93. The van der Waals surface area contributed by atoms with Crippen molar-refractivity contribution >= 4 is 12.0 Å². The number of hydrogen-bond acceptors (Lipinski definition) is 4. The summed E-state index contributed by atoms with van der Waals surface area (Å²) in [6.07, 6.45) is 0. The predicted octanol–water partition coefficient (Wildman–Crippen LogP) is 2.77. The Kier molecular flexibility index (Phi) is 5.16. The van der Waals surface area contributed by atoms with E-state index in [2.05, 4.69) is 0 Å². The van der Waals surface area contributed by atoms with Gasteiger partial charge in [-0.15, -0.1) is 0 Å². The first-order valence-corrected chi connectivity index (χ1v) is 9.31. The molecule has 0 saturated carbocycles. The van der Waals surface area contributed by atoms with Gasteiger partial charge in [0.2, 0.25) is 0 Å². The summed E-state index contributed by atoms with van der Waals surface area (Å²) in [6, 6.07) is 14.2. The molecule has 28 heavy (non-hydrogen) atoms. The minimum atomic E-state index is -1.00. The van der Waals surface area contributed by atoms with Gasteiger partial charge in [0.1, 0.15) is 12.4 Å². The molecule has 2 amide bonds. The lowest BCUT2D eigenvalue weighted by Gasteiger charge is -2.36. The number of carbonyl (C=O) groups excluding carboxylic acids is 1. The fraction of sp³-hybridized carbons (Fsp3) is 0.333. The number of morpholine rings is 1. The summed E-state index contributed by atoms with van der Waals surface area (Å²) in [5.74, 6) is -0.491. The van der Waals surface area contributed by atoms with Gasteiger partial charge in [0.25, 0.3) is 0 Å². The van der Waals surface area contributed by atoms with Crippen LogP contribution in [0.25, 0.3) is 0 Å². The zero-order valence-corrected chi connectivity index (χ0v) is 15.4. The van der Waals surface area contributed by atoms with Crippen molar-refractivity contribution in [1.82, 2.24) is 9.80 Å². The van der Waals surface area contributed by atoms with Gasteiger partial charge >= 0.3 is 12.0 Å². The highest BCUT2D eigenvalue weighted by Crippen LogP contribution is 2.33. The summed E-state index contributed by atoms with van der Waals surface area (Å²) in [6.45, 7) is 2.79. The lowest BCUT2D eigenvalue weighted by atomic mass is 10.1. The third-order valence-corrected chi connectivity index (χ3v) is 5.14. The Morgan fingerprint density at radius 2 is 1.79 bits per heavy atom. The van der Waals surface area contributed by atoms with Gasteiger partial charge in [0.15, 0.2) is 0 Å². The van der Waals surface area contributed by atoms with Crippen molar-refractivity contribution in [1.29, 1.82) is 0 Å². The molecule has 0 aliphatic carbocycles. The second-order valence-electron chi connectivity index (χ2n) is 6.88. The molecule has 7 heteroatoms. The van der Waals surface area contributed by atoms with Gasteiger partial charge in [0.05, 0.1) is 31.4 Å². The van der Waals surface area contributed by atoms with Crippen molar-refractivity contribution in [2.45, 2.75) is 12.6 Å². The largest absolute Gasteiger partial charge is 0.491 e. The molecule has 0 spiro atoms. The van der Waals surface area contributed by atoms with Crippen molar-refractivity contribution in [2.24, 2.45) is 0 Å². The normalized spacial score (nSPS) is 19.4. The number of nitrogens with zero attached hydrogens (tertiary/aromatic N) is 2. The Morgan fingerprint density at radius 1 is 1.04 bits per heavy atom. The quantitative estimate of drug-likeness (QED) is 0.864. The van der Waals surface area contributed by atoms with Gasteiger partial charge in [-0.05, 0) is 17.7 Å². The summed E-state index contributed by atoms with van der Waals surface area (Å²) in [7, 11) is 0. The summed E-state index contributed by atoms with van der Waals surface area (Å²) in [5.41, 5.74) is 1.95. The minimum Gasteiger partial charge on any atom is -0.491 e. The maximum absolute atomic E-state index is 13.3. The summed E-state index contributed by atoms with van der Waals surface area (Å²) < 4.78 is 11.3. The topological polar surface area (TPSA) is 79.3 Å². The van der Waals surface area contributed by atoms with Crippen molar-refractivity contribution in [2.75, 3.05) is 32.9 Å². The Bertz CT molecular complexity index is 864. The van der Waals surface area contributed by atoms with Crippen LogP contribution in [0.4, 0.5) is 4.79 Å². The molecular formula is C21H22N2O5. The molecule has 1 saturated heterocycles. The number of carboxylic acid groups (broad SMARTS) is 1. The number of carbonyl (C=O) groups is 2. The maximum Gasteiger partial charge on any atom is 0.335 e. The summed E-state index contributed by atoms with van der Waals surface area (Å²) in [5, 5.41) is 9.26. The number of amides is 2. The van der Waals surface area contributed by atoms with E-state index < -0.39 is 5.97 Å². The SMILES string of the molecule is O=C(O)c1ccc2c(c1)OCC(c1ccccc1)N(C(=O)N1CCOCC1)C2. The van der Waals surface area contributed by atoms with Crippen LogP contribution in [0.15, 0.2) is 48.5 Å². The van der Waals surface area contributed by atoms with Crippen LogP contribution in [0.3, 0.4) is 0 Å². The highest BCUT2D eigenvalue weighted by molar-refractivity contribution is 5.88. The Balaban J connectivity index is 1.69. The van der Waals surface area contributed by atoms with E-state index in [-0.39, 0.29) is 24.2 Å². The molecule has 2 heterocycles. The van der Waals surface area contributed by atoms with Crippen molar-refractivity contribution in [3.63, 3.8) is 0 Å². The number of urea groups is 1. The number of benzene rings is 2. The Hall–Kier alpha value is -3.06. The number of carboxylic acids is 1. The summed E-state index contributed by atoms with van der Waals surface area (Å²) in [4.78, 5) is 28.2. The molecule has 0 aromatic heterocycles. The molecule has 0 radical (unpaired) electrons. The molecule has 1 atom stereocenters. The Labute approximate surface area is 163 Å². The smallest absolute Gasteiger partial charge is 0.335 e. The van der Waals surface area contributed by atoms with Crippen molar-refractivity contribution in [3.05, 3.63) is 65.2 Å². The molecule has 1 fully saturated rings. The standard InChI is InChI=1S/C21H22N2O5/c24-20(25)16-6-7-17-13-23(21(26)22-8-10-27-11-9-22)18(14-28-19(17)12-16)15-4-2-1-3-5-15/h1-7,12,18H,8-11,13-14H2,(H,24,25). The zero-order valence-electron chi connectivity index (χ0n) is 15.4. The molecule has 2 aromatic rings. The van der Waals surface area contributed by atoms with Crippen molar-refractivity contribution < 1.29 is 24.2 Å². The Morgan fingerprint density at radius 3 is 2.50 bits per heavy atom. The molecule has 2 aliphatic heterocycles. The number of fused-ring (bicyclic) bond motifs is 1. The molecule has 0 bridgehead atoms. The number of rotatable bonds is 2. The number of aromatic carboxylic acids is 1. The van der Waals surface area contributed by atoms with Gasteiger partial charge in [-0.1, -0.05) is 36.4 Å². The maximum atomic E-state index is 13.3. The fourth-order valence-electron chi connectivity index (χ4n) is 3.59. The first kappa shape index (κ1) is 18.3. The average molecular weight is 382 g/mol. The molecule has 146 valence electrons. The van der Waals surface area contributed by atoms with E-state index in [4.69, 9.17) is 9.47 Å². The van der Waals surface area contributed by atoms with Crippen LogP contribution in [0.1, 0.15) is 27.5 Å². The monoisotopic (exact) mass is 382 g/mol. The molecule has 1 unspecified atom stereocenters.